The summed E-state index contributed by atoms with van der Waals surface area (Å²) >= 11 is 5.90. The van der Waals surface area contributed by atoms with Crippen molar-refractivity contribution in [3.8, 4) is 11.1 Å². The van der Waals surface area contributed by atoms with Crippen molar-refractivity contribution in [3.63, 3.8) is 0 Å². The number of piperazine rings is 1. The summed E-state index contributed by atoms with van der Waals surface area (Å²) in [5.74, 6) is 0.635. The lowest BCUT2D eigenvalue weighted by molar-refractivity contribution is 0.116. The van der Waals surface area contributed by atoms with Crippen LogP contribution in [0.1, 0.15) is 13.3 Å². The molecule has 1 aliphatic heterocycles. The van der Waals surface area contributed by atoms with Crippen LogP contribution in [0.3, 0.4) is 0 Å². The summed E-state index contributed by atoms with van der Waals surface area (Å²) in [6, 6.07) is 7.50. The average Bonchev–Trinajstić information content (AvgIpc) is 2.62. The Morgan fingerprint density at radius 3 is 2.46 bits per heavy atom. The Hall–Kier alpha value is -2.34. The molecule has 0 spiro atoms. The molecule has 0 saturated carbocycles. The van der Waals surface area contributed by atoms with Gasteiger partial charge in [0.05, 0.1) is 6.04 Å². The summed E-state index contributed by atoms with van der Waals surface area (Å²) in [6.45, 7) is 3.68. The molecule has 2 heterocycles. The lowest BCUT2D eigenvalue weighted by Gasteiger charge is -2.39. The number of anilines is 1. The highest BCUT2D eigenvalue weighted by Crippen LogP contribution is 2.22. The second kappa shape index (κ2) is 7.05. The third kappa shape index (κ3) is 3.43. The zero-order valence-electron chi connectivity index (χ0n) is 13.4. The highest BCUT2D eigenvalue weighted by Gasteiger charge is 2.30. The summed E-state index contributed by atoms with van der Waals surface area (Å²) in [7, 11) is 0. The Bertz CT molecular complexity index is 706. The zero-order chi connectivity index (χ0) is 17.1. The number of aromatic nitrogens is 2. The van der Waals surface area contributed by atoms with E-state index >= 15 is 0 Å². The van der Waals surface area contributed by atoms with Gasteiger partial charge in [-0.05, 0) is 24.1 Å². The Morgan fingerprint density at radius 1 is 1.21 bits per heavy atom. The Labute approximate surface area is 145 Å². The van der Waals surface area contributed by atoms with E-state index in [4.69, 9.17) is 11.6 Å². The number of nitrogens with zero attached hydrogens (tertiary/aromatic N) is 4. The lowest BCUT2D eigenvalue weighted by atomic mass is 10.1. The van der Waals surface area contributed by atoms with E-state index in [0.717, 1.165) is 17.5 Å². The van der Waals surface area contributed by atoms with E-state index in [-0.39, 0.29) is 6.04 Å². The fraction of sp³-hybridized carbons (Fsp3) is 0.353. The Balaban J connectivity index is 1.74. The van der Waals surface area contributed by atoms with E-state index < -0.39 is 6.09 Å². The number of hydrogen-bond acceptors (Lipinski definition) is 4. The molecule has 126 valence electrons. The lowest BCUT2D eigenvalue weighted by Crippen LogP contribution is -2.55. The quantitative estimate of drug-likeness (QED) is 0.922. The number of rotatable bonds is 3. The number of halogens is 1. The fourth-order valence-corrected chi connectivity index (χ4v) is 3.04. The number of carboxylic acid groups (broad SMARTS) is 1. The van der Waals surface area contributed by atoms with Crippen LogP contribution in [0.2, 0.25) is 5.02 Å². The third-order valence-corrected chi connectivity index (χ3v) is 4.55. The second-order valence-electron chi connectivity index (χ2n) is 5.76. The van der Waals surface area contributed by atoms with Gasteiger partial charge in [0, 0.05) is 42.6 Å². The highest BCUT2D eigenvalue weighted by atomic mass is 35.5. The molecule has 0 radical (unpaired) electrons. The number of carbonyl (C=O) groups is 1. The van der Waals surface area contributed by atoms with Gasteiger partial charge >= 0.3 is 6.09 Å². The van der Waals surface area contributed by atoms with E-state index in [2.05, 4.69) is 9.97 Å². The number of amides is 1. The van der Waals surface area contributed by atoms with E-state index in [0.29, 0.717) is 30.6 Å². The van der Waals surface area contributed by atoms with Crippen molar-refractivity contribution in [3.05, 3.63) is 41.7 Å². The molecule has 1 aromatic heterocycles. The smallest absolute Gasteiger partial charge is 0.407 e. The van der Waals surface area contributed by atoms with Crippen molar-refractivity contribution >= 4 is 23.6 Å². The van der Waals surface area contributed by atoms with Gasteiger partial charge in [0.15, 0.2) is 0 Å². The summed E-state index contributed by atoms with van der Waals surface area (Å²) in [4.78, 5) is 23.7. The minimum atomic E-state index is -0.861. The molecule has 0 aliphatic carbocycles. The van der Waals surface area contributed by atoms with E-state index in [9.17, 15) is 9.90 Å². The number of hydrogen-bond donors (Lipinski definition) is 1. The minimum Gasteiger partial charge on any atom is -0.465 e. The number of benzene rings is 1. The zero-order valence-corrected chi connectivity index (χ0v) is 14.1. The predicted octanol–water partition coefficient (Wildman–Crippen LogP) is 3.38. The first-order chi connectivity index (χ1) is 11.6. The minimum absolute atomic E-state index is 0.0317. The van der Waals surface area contributed by atoms with Crippen molar-refractivity contribution < 1.29 is 9.90 Å². The van der Waals surface area contributed by atoms with E-state index in [1.54, 1.807) is 12.4 Å². The van der Waals surface area contributed by atoms with Gasteiger partial charge in [0.1, 0.15) is 0 Å². The molecular weight excluding hydrogens is 328 g/mol. The summed E-state index contributed by atoms with van der Waals surface area (Å²) < 4.78 is 0. The highest BCUT2D eigenvalue weighted by molar-refractivity contribution is 6.30. The maximum atomic E-state index is 11.3. The molecule has 1 saturated heterocycles. The van der Waals surface area contributed by atoms with Crippen molar-refractivity contribution in [2.24, 2.45) is 0 Å². The molecule has 1 fully saturated rings. The second-order valence-corrected chi connectivity index (χ2v) is 6.20. The molecule has 1 aliphatic rings. The summed E-state index contributed by atoms with van der Waals surface area (Å²) in [6.07, 6.45) is 3.48. The monoisotopic (exact) mass is 346 g/mol. The molecule has 7 heteroatoms. The molecule has 1 atom stereocenters. The first-order valence-electron chi connectivity index (χ1n) is 7.91. The van der Waals surface area contributed by atoms with E-state index in [1.165, 1.54) is 4.90 Å². The first kappa shape index (κ1) is 16.5. The molecule has 24 heavy (non-hydrogen) atoms. The van der Waals surface area contributed by atoms with Crippen LogP contribution in [0, 0.1) is 0 Å². The molecule has 2 aromatic rings. The maximum Gasteiger partial charge on any atom is 0.407 e. The van der Waals surface area contributed by atoms with Crippen LogP contribution >= 0.6 is 11.6 Å². The topological polar surface area (TPSA) is 69.6 Å². The van der Waals surface area contributed by atoms with Gasteiger partial charge < -0.3 is 14.9 Å². The van der Waals surface area contributed by atoms with Crippen molar-refractivity contribution in [1.29, 1.82) is 0 Å². The largest absolute Gasteiger partial charge is 0.465 e. The molecule has 1 unspecified atom stereocenters. The van der Waals surface area contributed by atoms with Crippen molar-refractivity contribution in [1.82, 2.24) is 14.9 Å². The third-order valence-electron chi connectivity index (χ3n) is 4.30. The van der Waals surface area contributed by atoms with Crippen LogP contribution in [-0.4, -0.2) is 51.7 Å². The van der Waals surface area contributed by atoms with Gasteiger partial charge in [-0.3, -0.25) is 0 Å². The molecule has 3 rings (SSSR count). The van der Waals surface area contributed by atoms with Crippen LogP contribution in [0.5, 0.6) is 0 Å². The van der Waals surface area contributed by atoms with Crippen molar-refractivity contribution in [2.45, 2.75) is 19.4 Å². The maximum absolute atomic E-state index is 11.3. The van der Waals surface area contributed by atoms with Gasteiger partial charge in [0.2, 0.25) is 5.95 Å². The predicted molar refractivity (Wildman–Crippen MR) is 93.5 cm³/mol. The fourth-order valence-electron chi connectivity index (χ4n) is 2.91. The van der Waals surface area contributed by atoms with Crippen molar-refractivity contribution in [2.75, 3.05) is 24.5 Å². The van der Waals surface area contributed by atoms with E-state index in [1.807, 2.05) is 36.1 Å². The first-order valence-corrected chi connectivity index (χ1v) is 8.28. The van der Waals surface area contributed by atoms with Crippen LogP contribution in [0.25, 0.3) is 11.1 Å². The van der Waals surface area contributed by atoms with Gasteiger partial charge in [-0.25, -0.2) is 14.8 Å². The molecule has 1 N–H and O–H groups in total. The Kier molecular flexibility index (Phi) is 4.85. The SMILES string of the molecule is CCC1CN(c2ncc(-c3ccc(Cl)cc3)cn2)CCN1C(=O)O. The molecular formula is C17H19ClN4O2. The van der Waals surface area contributed by atoms with Crippen LogP contribution < -0.4 is 4.90 Å². The molecule has 0 bridgehead atoms. The van der Waals surface area contributed by atoms with Gasteiger partial charge in [-0.1, -0.05) is 30.7 Å². The summed E-state index contributed by atoms with van der Waals surface area (Å²) in [5, 5.41) is 9.94. The van der Waals surface area contributed by atoms with Crippen LogP contribution in [0.15, 0.2) is 36.7 Å². The van der Waals surface area contributed by atoms with Gasteiger partial charge in [-0.2, -0.15) is 0 Å². The molecule has 1 aromatic carbocycles. The van der Waals surface area contributed by atoms with Crippen LogP contribution in [-0.2, 0) is 0 Å². The van der Waals surface area contributed by atoms with Gasteiger partial charge in [0.25, 0.3) is 0 Å². The average molecular weight is 347 g/mol. The summed E-state index contributed by atoms with van der Waals surface area (Å²) in [5.41, 5.74) is 1.93. The Morgan fingerprint density at radius 2 is 1.88 bits per heavy atom. The molecule has 1 amide bonds. The standard InChI is InChI=1S/C17H19ClN4O2/c1-2-15-11-21(7-8-22(15)17(23)24)16-19-9-13(10-20-16)12-3-5-14(18)6-4-12/h3-6,9-10,15H,2,7-8,11H2,1H3,(H,23,24). The van der Waals surface area contributed by atoms with Gasteiger partial charge in [-0.15, -0.1) is 0 Å². The normalized spacial score (nSPS) is 17.8. The molecule has 6 nitrogen and oxygen atoms in total. The van der Waals surface area contributed by atoms with Crippen LogP contribution in [0.4, 0.5) is 10.7 Å².